The molecule has 0 aromatic carbocycles. The summed E-state index contributed by atoms with van der Waals surface area (Å²) in [5.74, 6) is -0.917. The number of rotatable bonds is 34. The van der Waals surface area contributed by atoms with Crippen LogP contribution in [-0.4, -0.2) is 82.1 Å². The van der Waals surface area contributed by atoms with Crippen LogP contribution in [0.25, 0.3) is 0 Å². The molecular formula is C36H66NO10P. The van der Waals surface area contributed by atoms with Gasteiger partial charge in [0.1, 0.15) is 31.8 Å². The molecule has 0 aromatic heterocycles. The summed E-state index contributed by atoms with van der Waals surface area (Å²) >= 11 is 0. The van der Waals surface area contributed by atoms with Crippen molar-refractivity contribution in [2.45, 2.75) is 148 Å². The van der Waals surface area contributed by atoms with Gasteiger partial charge in [0.2, 0.25) is 0 Å². The molecule has 12 heteroatoms. The number of likely N-dealkylation sites (N-methyl/N-ethyl adjacent to an activating group) is 1. The fourth-order valence-electron chi connectivity index (χ4n) is 4.83. The van der Waals surface area contributed by atoms with E-state index in [1.165, 1.54) is 63.9 Å². The van der Waals surface area contributed by atoms with Crippen molar-refractivity contribution in [3.05, 3.63) is 12.2 Å². The summed E-state index contributed by atoms with van der Waals surface area (Å²) in [6, 6.07) is 0. The SMILES string of the molecule is CCCCCCCCCCCCCCCC(=O)OC[C@@H](COP(=O)([O-])OCC[N+](C)(C)C)OC(=O)CCCCCC(=O)CC/C=C/C=O. The zero-order valence-corrected chi connectivity index (χ0v) is 31.4. The predicted octanol–water partition coefficient (Wildman–Crippen LogP) is 7.19. The van der Waals surface area contributed by atoms with Gasteiger partial charge in [-0.25, -0.2) is 0 Å². The van der Waals surface area contributed by atoms with E-state index in [2.05, 4.69) is 6.92 Å². The standard InChI is InChI=1S/C36H66NO10P/c1-5-6-7-8-9-10-11-12-13-14-15-16-21-26-35(40)44-31-34(32-46-48(42,43)45-30-28-37(2,3)4)47-36(41)27-22-17-19-24-33(39)25-20-18-23-29-38/h18,23,29,34H,5-17,19-22,24-28,30-32H2,1-4H3/b23-18+/t34-/m0/s1. The van der Waals surface area contributed by atoms with E-state index in [0.717, 1.165) is 19.3 Å². The lowest BCUT2D eigenvalue weighted by Crippen LogP contribution is -2.37. The average Bonchev–Trinajstić information content (AvgIpc) is 3.02. The second-order valence-electron chi connectivity index (χ2n) is 13.6. The van der Waals surface area contributed by atoms with Crippen LogP contribution in [-0.2, 0) is 42.3 Å². The molecule has 0 heterocycles. The number of hydrogen-bond acceptors (Lipinski definition) is 10. The van der Waals surface area contributed by atoms with Crippen molar-refractivity contribution in [3.8, 4) is 0 Å². The van der Waals surface area contributed by atoms with Crippen LogP contribution in [0.2, 0.25) is 0 Å². The molecule has 0 fully saturated rings. The molecule has 11 nitrogen and oxygen atoms in total. The molecule has 0 rings (SSSR count). The number of phosphoric acid groups is 1. The molecule has 0 amide bonds. The minimum Gasteiger partial charge on any atom is -0.756 e. The van der Waals surface area contributed by atoms with Crippen LogP contribution in [0.5, 0.6) is 0 Å². The maximum atomic E-state index is 12.5. The molecule has 0 radical (unpaired) electrons. The molecule has 0 aliphatic rings. The van der Waals surface area contributed by atoms with Crippen LogP contribution in [0.3, 0.4) is 0 Å². The van der Waals surface area contributed by atoms with E-state index in [1.807, 2.05) is 21.1 Å². The van der Waals surface area contributed by atoms with Gasteiger partial charge in [-0.15, -0.1) is 0 Å². The second kappa shape index (κ2) is 30.0. The fraction of sp³-hybridized carbons (Fsp3) is 0.833. The Labute approximate surface area is 290 Å². The van der Waals surface area contributed by atoms with Crippen LogP contribution in [0, 0.1) is 0 Å². The number of quaternary nitrogens is 1. The highest BCUT2D eigenvalue weighted by atomic mass is 31.2. The summed E-state index contributed by atoms with van der Waals surface area (Å²) < 4.78 is 33.4. The van der Waals surface area contributed by atoms with Gasteiger partial charge in [0, 0.05) is 25.7 Å². The van der Waals surface area contributed by atoms with Crippen LogP contribution >= 0.6 is 7.82 Å². The number of phosphoric ester groups is 1. The zero-order chi connectivity index (χ0) is 35.9. The first-order chi connectivity index (χ1) is 22.9. The van der Waals surface area contributed by atoms with Gasteiger partial charge in [-0.2, -0.15) is 0 Å². The molecule has 280 valence electrons. The van der Waals surface area contributed by atoms with Gasteiger partial charge in [0.25, 0.3) is 7.82 Å². The van der Waals surface area contributed by atoms with Gasteiger partial charge >= 0.3 is 11.9 Å². The average molecular weight is 704 g/mol. The van der Waals surface area contributed by atoms with Gasteiger partial charge in [0.05, 0.1) is 27.7 Å². The summed E-state index contributed by atoms with van der Waals surface area (Å²) in [5.41, 5.74) is 0. The first-order valence-electron chi connectivity index (χ1n) is 18.3. The smallest absolute Gasteiger partial charge is 0.306 e. The van der Waals surface area contributed by atoms with Crippen LogP contribution in [0.4, 0.5) is 0 Å². The van der Waals surface area contributed by atoms with E-state index in [-0.39, 0.29) is 31.8 Å². The molecule has 0 spiro atoms. The summed E-state index contributed by atoms with van der Waals surface area (Å²) in [7, 11) is 1.03. The summed E-state index contributed by atoms with van der Waals surface area (Å²) in [6.07, 6.45) is 21.5. The molecule has 0 aromatic rings. The van der Waals surface area contributed by atoms with Crippen molar-refractivity contribution in [2.75, 3.05) is 47.5 Å². The minimum atomic E-state index is -4.66. The highest BCUT2D eigenvalue weighted by Gasteiger charge is 2.21. The van der Waals surface area contributed by atoms with Crippen molar-refractivity contribution >= 4 is 31.8 Å². The molecule has 0 N–H and O–H groups in total. The second-order valence-corrected chi connectivity index (χ2v) is 15.0. The van der Waals surface area contributed by atoms with Crippen LogP contribution in [0.1, 0.15) is 142 Å². The van der Waals surface area contributed by atoms with E-state index in [9.17, 15) is 28.6 Å². The van der Waals surface area contributed by atoms with Gasteiger partial charge in [-0.3, -0.25) is 23.7 Å². The molecule has 0 aliphatic heterocycles. The highest BCUT2D eigenvalue weighted by Crippen LogP contribution is 2.38. The van der Waals surface area contributed by atoms with Crippen molar-refractivity contribution in [1.82, 2.24) is 0 Å². The van der Waals surface area contributed by atoms with Gasteiger partial charge in [0.15, 0.2) is 6.10 Å². The Balaban J connectivity index is 4.50. The molecule has 0 bridgehead atoms. The normalized spacial score (nSPS) is 13.7. The molecule has 0 aliphatic carbocycles. The topological polar surface area (TPSA) is 145 Å². The van der Waals surface area contributed by atoms with E-state index in [0.29, 0.717) is 62.3 Å². The van der Waals surface area contributed by atoms with Crippen LogP contribution < -0.4 is 4.89 Å². The number of ketones is 1. The molecule has 2 atom stereocenters. The number of ether oxygens (including phenoxy) is 2. The number of esters is 2. The Morgan fingerprint density at radius 1 is 0.708 bits per heavy atom. The number of allylic oxidation sites excluding steroid dienone is 2. The molecule has 1 unspecified atom stereocenters. The van der Waals surface area contributed by atoms with Gasteiger partial charge in [-0.1, -0.05) is 96.5 Å². The summed E-state index contributed by atoms with van der Waals surface area (Å²) in [4.78, 5) is 59.3. The number of aldehydes is 1. The lowest BCUT2D eigenvalue weighted by molar-refractivity contribution is -0.870. The van der Waals surface area contributed by atoms with E-state index in [1.54, 1.807) is 6.08 Å². The predicted molar refractivity (Wildman–Crippen MR) is 186 cm³/mol. The molecular weight excluding hydrogens is 637 g/mol. The summed E-state index contributed by atoms with van der Waals surface area (Å²) in [5, 5.41) is 0. The number of nitrogens with zero attached hydrogens (tertiary/aromatic N) is 1. The first kappa shape index (κ1) is 46.1. The van der Waals surface area contributed by atoms with Gasteiger partial charge < -0.3 is 27.9 Å². The quantitative estimate of drug-likeness (QED) is 0.0169. The highest BCUT2D eigenvalue weighted by molar-refractivity contribution is 7.45. The van der Waals surface area contributed by atoms with Crippen molar-refractivity contribution in [2.24, 2.45) is 0 Å². The third kappa shape index (κ3) is 32.6. The van der Waals surface area contributed by atoms with Crippen molar-refractivity contribution < 1.29 is 51.6 Å². The maximum absolute atomic E-state index is 12.5. The Morgan fingerprint density at radius 2 is 1.23 bits per heavy atom. The first-order valence-corrected chi connectivity index (χ1v) is 19.7. The van der Waals surface area contributed by atoms with Crippen molar-refractivity contribution in [3.63, 3.8) is 0 Å². The largest absolute Gasteiger partial charge is 0.756 e. The fourth-order valence-corrected chi connectivity index (χ4v) is 5.56. The van der Waals surface area contributed by atoms with Gasteiger partial charge in [-0.05, 0) is 31.8 Å². The lowest BCUT2D eigenvalue weighted by Gasteiger charge is -2.28. The van der Waals surface area contributed by atoms with Crippen LogP contribution in [0.15, 0.2) is 12.2 Å². The van der Waals surface area contributed by atoms with E-state index >= 15 is 0 Å². The third-order valence-corrected chi connectivity index (χ3v) is 8.75. The Morgan fingerprint density at radius 3 is 1.79 bits per heavy atom. The van der Waals surface area contributed by atoms with Crippen molar-refractivity contribution in [1.29, 1.82) is 0 Å². The maximum Gasteiger partial charge on any atom is 0.306 e. The number of Topliss-reactive ketones (excluding diaryl/α,β-unsaturated/α-hetero) is 1. The van der Waals surface area contributed by atoms with E-state index < -0.39 is 32.5 Å². The number of unbranched alkanes of at least 4 members (excludes halogenated alkanes) is 14. The molecule has 48 heavy (non-hydrogen) atoms. The Bertz CT molecular complexity index is 934. The third-order valence-electron chi connectivity index (χ3n) is 7.78. The van der Waals surface area contributed by atoms with E-state index in [4.69, 9.17) is 18.5 Å². The summed E-state index contributed by atoms with van der Waals surface area (Å²) in [6.45, 7) is 1.75. The molecule has 0 saturated carbocycles. The minimum absolute atomic E-state index is 0.0642. The number of carbonyl (C=O) groups is 4. The molecule has 0 saturated heterocycles. The Kier molecular flexibility index (Phi) is 28.8. The monoisotopic (exact) mass is 703 g/mol. The number of carbonyl (C=O) groups excluding carboxylic acids is 4. The number of hydrogen-bond donors (Lipinski definition) is 0. The zero-order valence-electron chi connectivity index (χ0n) is 30.5. The Hall–Kier alpha value is -1.91. The lowest BCUT2D eigenvalue weighted by atomic mass is 10.0.